The average Bonchev–Trinajstić information content (AvgIpc) is 3.12. The Morgan fingerprint density at radius 3 is 2.53 bits per heavy atom. The first-order valence-corrected chi connectivity index (χ1v) is 10.8. The standard InChI is InChI=1S/C27H23FN2O4/c1-3-33-25-16-19(12-13-24(25)34-17-20-8-7-11-22(28)14-20)15-23-18(2)29-30(27(23)32)26(31)21-9-5-4-6-10-21/h4-16H,3,17H2,1-2H3/b23-15+. The molecule has 4 rings (SSSR count). The number of benzene rings is 3. The summed E-state index contributed by atoms with van der Waals surface area (Å²) in [6.45, 7) is 4.13. The molecular weight excluding hydrogens is 435 g/mol. The summed E-state index contributed by atoms with van der Waals surface area (Å²) in [5, 5.41) is 5.05. The summed E-state index contributed by atoms with van der Waals surface area (Å²) in [6.07, 6.45) is 1.66. The van der Waals surface area contributed by atoms with Crippen LogP contribution in [0.3, 0.4) is 0 Å². The number of rotatable bonds is 7. The van der Waals surface area contributed by atoms with E-state index in [-0.39, 0.29) is 12.4 Å². The van der Waals surface area contributed by atoms with Crippen LogP contribution >= 0.6 is 0 Å². The van der Waals surface area contributed by atoms with E-state index < -0.39 is 11.8 Å². The minimum atomic E-state index is -0.490. The number of nitrogens with zero attached hydrogens (tertiary/aromatic N) is 2. The molecule has 0 aromatic heterocycles. The molecule has 0 saturated carbocycles. The fourth-order valence-corrected chi connectivity index (χ4v) is 3.48. The smallest absolute Gasteiger partial charge is 0.283 e. The second kappa shape index (κ2) is 10.1. The summed E-state index contributed by atoms with van der Waals surface area (Å²) in [5.74, 6) is -0.311. The highest BCUT2D eigenvalue weighted by molar-refractivity contribution is 6.30. The Kier molecular flexibility index (Phi) is 6.82. The Morgan fingerprint density at radius 2 is 1.79 bits per heavy atom. The lowest BCUT2D eigenvalue weighted by Gasteiger charge is -2.13. The minimum absolute atomic E-state index is 0.180. The van der Waals surface area contributed by atoms with Crippen molar-refractivity contribution < 1.29 is 23.5 Å². The van der Waals surface area contributed by atoms with Crippen molar-refractivity contribution in [3.63, 3.8) is 0 Å². The van der Waals surface area contributed by atoms with Crippen molar-refractivity contribution in [1.82, 2.24) is 5.01 Å². The summed E-state index contributed by atoms with van der Waals surface area (Å²) in [7, 11) is 0. The fraction of sp³-hybridized carbons (Fsp3) is 0.148. The van der Waals surface area contributed by atoms with E-state index in [4.69, 9.17) is 9.47 Å². The van der Waals surface area contributed by atoms with Gasteiger partial charge < -0.3 is 9.47 Å². The van der Waals surface area contributed by atoms with Crippen molar-refractivity contribution in [3.8, 4) is 11.5 Å². The molecule has 0 spiro atoms. The van der Waals surface area contributed by atoms with Crippen LogP contribution in [0.2, 0.25) is 0 Å². The lowest BCUT2D eigenvalue weighted by molar-refractivity contribution is -0.123. The van der Waals surface area contributed by atoms with Gasteiger partial charge in [-0.1, -0.05) is 36.4 Å². The summed E-state index contributed by atoms with van der Waals surface area (Å²) in [4.78, 5) is 25.6. The van der Waals surface area contributed by atoms with Crippen LogP contribution in [-0.4, -0.2) is 29.1 Å². The van der Waals surface area contributed by atoms with Crippen LogP contribution in [0.5, 0.6) is 11.5 Å². The van der Waals surface area contributed by atoms with Crippen LogP contribution in [0, 0.1) is 5.82 Å². The molecule has 2 amide bonds. The van der Waals surface area contributed by atoms with Gasteiger partial charge in [-0.2, -0.15) is 10.1 Å². The minimum Gasteiger partial charge on any atom is -0.490 e. The molecule has 0 N–H and O–H groups in total. The van der Waals surface area contributed by atoms with Crippen molar-refractivity contribution in [2.24, 2.45) is 5.10 Å². The molecule has 0 saturated heterocycles. The van der Waals surface area contributed by atoms with Crippen LogP contribution < -0.4 is 9.47 Å². The molecule has 0 radical (unpaired) electrons. The monoisotopic (exact) mass is 458 g/mol. The highest BCUT2D eigenvalue weighted by atomic mass is 19.1. The molecule has 1 aliphatic rings. The van der Waals surface area contributed by atoms with Crippen molar-refractivity contribution in [3.05, 3.63) is 101 Å². The van der Waals surface area contributed by atoms with Gasteiger partial charge in [0.2, 0.25) is 0 Å². The van der Waals surface area contributed by atoms with Crippen LogP contribution in [0.25, 0.3) is 6.08 Å². The van der Waals surface area contributed by atoms with Crippen LogP contribution in [0.1, 0.15) is 35.3 Å². The summed E-state index contributed by atoms with van der Waals surface area (Å²) < 4.78 is 25.0. The summed E-state index contributed by atoms with van der Waals surface area (Å²) in [6, 6.07) is 20.0. The molecule has 0 atom stereocenters. The quantitative estimate of drug-likeness (QED) is 0.358. The van der Waals surface area contributed by atoms with Gasteiger partial charge >= 0.3 is 0 Å². The second-order valence-electron chi connectivity index (χ2n) is 7.59. The van der Waals surface area contributed by atoms with Crippen molar-refractivity contribution in [2.45, 2.75) is 20.5 Å². The Morgan fingerprint density at radius 1 is 1.00 bits per heavy atom. The number of hydrazone groups is 1. The van der Waals surface area contributed by atoms with Crippen LogP contribution in [0.15, 0.2) is 83.5 Å². The third-order valence-electron chi connectivity index (χ3n) is 5.14. The molecule has 0 fully saturated rings. The van der Waals surface area contributed by atoms with Crippen LogP contribution in [-0.2, 0) is 11.4 Å². The fourth-order valence-electron chi connectivity index (χ4n) is 3.48. The molecule has 3 aromatic rings. The molecule has 0 bridgehead atoms. The molecule has 1 heterocycles. The average molecular weight is 458 g/mol. The van der Waals surface area contributed by atoms with Gasteiger partial charge in [0.1, 0.15) is 12.4 Å². The van der Waals surface area contributed by atoms with E-state index in [2.05, 4.69) is 5.10 Å². The van der Waals surface area contributed by atoms with E-state index in [1.165, 1.54) is 12.1 Å². The topological polar surface area (TPSA) is 68.2 Å². The van der Waals surface area contributed by atoms with E-state index >= 15 is 0 Å². The second-order valence-corrected chi connectivity index (χ2v) is 7.59. The number of hydrogen-bond donors (Lipinski definition) is 0. The Hall–Kier alpha value is -4.26. The van der Waals surface area contributed by atoms with Gasteiger partial charge in [-0.05, 0) is 67.4 Å². The summed E-state index contributed by atoms with van der Waals surface area (Å²) >= 11 is 0. The highest BCUT2D eigenvalue weighted by Gasteiger charge is 2.32. The largest absolute Gasteiger partial charge is 0.490 e. The molecule has 0 unspecified atom stereocenters. The van der Waals surface area contributed by atoms with Gasteiger partial charge in [-0.3, -0.25) is 9.59 Å². The van der Waals surface area contributed by atoms with Gasteiger partial charge in [-0.15, -0.1) is 0 Å². The van der Waals surface area contributed by atoms with Crippen LogP contribution in [0.4, 0.5) is 4.39 Å². The number of carbonyl (C=O) groups is 2. The molecule has 3 aromatic carbocycles. The molecular formula is C27H23FN2O4. The first-order valence-electron chi connectivity index (χ1n) is 10.8. The number of hydrogen-bond acceptors (Lipinski definition) is 5. The third-order valence-corrected chi connectivity index (χ3v) is 5.14. The molecule has 0 aliphatic carbocycles. The molecule has 6 nitrogen and oxygen atoms in total. The lowest BCUT2D eigenvalue weighted by atomic mass is 10.1. The predicted octanol–water partition coefficient (Wildman–Crippen LogP) is 5.25. The van der Waals surface area contributed by atoms with E-state index in [9.17, 15) is 14.0 Å². The SMILES string of the molecule is CCOc1cc(/C=C2/C(=O)N(C(=O)c3ccccc3)N=C2C)ccc1OCc1cccc(F)c1. The highest BCUT2D eigenvalue weighted by Crippen LogP contribution is 2.31. The molecule has 172 valence electrons. The first kappa shape index (κ1) is 22.9. The number of imide groups is 1. The predicted molar refractivity (Wildman–Crippen MR) is 127 cm³/mol. The molecule has 1 aliphatic heterocycles. The van der Waals surface area contributed by atoms with Gasteiger partial charge in [0.05, 0.1) is 17.9 Å². The van der Waals surface area contributed by atoms with Gasteiger partial charge in [0.15, 0.2) is 11.5 Å². The zero-order chi connectivity index (χ0) is 24.1. The van der Waals surface area contributed by atoms with E-state index in [0.717, 1.165) is 5.01 Å². The number of amides is 2. The maximum absolute atomic E-state index is 13.4. The maximum atomic E-state index is 13.4. The van der Waals surface area contributed by atoms with E-state index in [1.807, 2.05) is 6.92 Å². The third kappa shape index (κ3) is 5.04. The van der Waals surface area contributed by atoms with Crippen molar-refractivity contribution in [2.75, 3.05) is 6.61 Å². The zero-order valence-corrected chi connectivity index (χ0v) is 18.8. The maximum Gasteiger partial charge on any atom is 0.283 e. The van der Waals surface area contributed by atoms with Gasteiger partial charge in [-0.25, -0.2) is 4.39 Å². The Bertz CT molecular complexity index is 1280. The lowest BCUT2D eigenvalue weighted by Crippen LogP contribution is -2.29. The molecule has 34 heavy (non-hydrogen) atoms. The molecule has 7 heteroatoms. The van der Waals surface area contributed by atoms with Gasteiger partial charge in [0.25, 0.3) is 11.8 Å². The Labute approximate surface area is 196 Å². The van der Waals surface area contributed by atoms with Gasteiger partial charge in [0, 0.05) is 5.56 Å². The Balaban J connectivity index is 1.55. The first-order chi connectivity index (χ1) is 16.5. The van der Waals surface area contributed by atoms with E-state index in [0.29, 0.717) is 46.1 Å². The van der Waals surface area contributed by atoms with Crippen molar-refractivity contribution in [1.29, 1.82) is 0 Å². The normalized spacial score (nSPS) is 14.3. The number of ether oxygens (including phenoxy) is 2. The van der Waals surface area contributed by atoms with E-state index in [1.54, 1.807) is 73.7 Å². The van der Waals surface area contributed by atoms with Crippen molar-refractivity contribution >= 4 is 23.6 Å². The zero-order valence-electron chi connectivity index (χ0n) is 18.8. The summed E-state index contributed by atoms with van der Waals surface area (Å²) in [5.41, 5.74) is 2.53. The number of carbonyl (C=O) groups excluding carboxylic acids is 2. The number of halogens is 1.